The van der Waals surface area contributed by atoms with E-state index in [-0.39, 0.29) is 19.1 Å². The van der Waals surface area contributed by atoms with Crippen molar-refractivity contribution in [2.45, 2.75) is 46.8 Å². The van der Waals surface area contributed by atoms with E-state index in [2.05, 4.69) is 0 Å². The molecule has 1 aromatic heterocycles. The van der Waals surface area contributed by atoms with Crippen LogP contribution in [-0.4, -0.2) is 43.9 Å². The van der Waals surface area contributed by atoms with E-state index in [0.717, 1.165) is 0 Å². The molecule has 0 aliphatic rings. The molecule has 0 aliphatic heterocycles. The van der Waals surface area contributed by atoms with E-state index in [1.807, 2.05) is 36.6 Å². The average molecular weight is 566 g/mol. The van der Waals surface area contributed by atoms with Crippen molar-refractivity contribution in [2.24, 2.45) is 0 Å². The fourth-order valence-electron chi connectivity index (χ4n) is 4.84. The third kappa shape index (κ3) is 6.24. The van der Waals surface area contributed by atoms with Gasteiger partial charge in [-0.25, -0.2) is 18.0 Å². The SMILES string of the molecule is COC(=O)c1cc(C)c(OC(=O)c2c3ccccc3[n+](CCCS(=O)(=O)[O-])c3ccc(OC(C)C)cc23)c(C)c1. The van der Waals surface area contributed by atoms with Gasteiger partial charge in [0.05, 0.1) is 45.2 Å². The highest BCUT2D eigenvalue weighted by atomic mass is 32.2. The number of aryl methyl sites for hydroxylation is 3. The number of fused-ring (bicyclic) bond motifs is 2. The Morgan fingerprint density at radius 1 is 0.925 bits per heavy atom. The van der Waals surface area contributed by atoms with Crippen molar-refractivity contribution in [1.29, 1.82) is 0 Å². The Bertz CT molecular complexity index is 1700. The van der Waals surface area contributed by atoms with E-state index in [1.54, 1.807) is 50.2 Å². The maximum Gasteiger partial charge on any atom is 0.345 e. The quantitative estimate of drug-likeness (QED) is 0.0947. The molecule has 0 unspecified atom stereocenters. The number of hydrogen-bond acceptors (Lipinski definition) is 8. The van der Waals surface area contributed by atoms with Crippen molar-refractivity contribution in [2.75, 3.05) is 12.9 Å². The van der Waals surface area contributed by atoms with Crippen LogP contribution in [0.3, 0.4) is 0 Å². The molecule has 0 saturated carbocycles. The number of rotatable bonds is 9. The molecule has 1 heterocycles. The van der Waals surface area contributed by atoms with Gasteiger partial charge in [-0.05, 0) is 69.2 Å². The summed E-state index contributed by atoms with van der Waals surface area (Å²) in [6.45, 7) is 7.52. The molecular weight excluding hydrogens is 534 g/mol. The molecule has 0 bridgehead atoms. The smallest absolute Gasteiger partial charge is 0.345 e. The van der Waals surface area contributed by atoms with Crippen LogP contribution in [0.4, 0.5) is 0 Å². The number of nitrogens with zero attached hydrogens (tertiary/aromatic N) is 1. The Labute approximate surface area is 233 Å². The van der Waals surface area contributed by atoms with Gasteiger partial charge in [0.2, 0.25) is 11.0 Å². The highest BCUT2D eigenvalue weighted by Crippen LogP contribution is 2.32. The molecule has 0 fully saturated rings. The van der Waals surface area contributed by atoms with Crippen LogP contribution in [0.2, 0.25) is 0 Å². The summed E-state index contributed by atoms with van der Waals surface area (Å²) in [5, 5.41) is 1.14. The molecule has 0 N–H and O–H groups in total. The van der Waals surface area contributed by atoms with E-state index in [4.69, 9.17) is 14.2 Å². The second-order valence-electron chi connectivity index (χ2n) is 9.82. The number of carbonyl (C=O) groups is 2. The molecule has 0 radical (unpaired) electrons. The summed E-state index contributed by atoms with van der Waals surface area (Å²) in [6.07, 6.45) is -0.00417. The summed E-state index contributed by atoms with van der Waals surface area (Å²) in [4.78, 5) is 26.0. The van der Waals surface area contributed by atoms with Crippen LogP contribution in [0.15, 0.2) is 54.6 Å². The lowest BCUT2D eigenvalue weighted by Gasteiger charge is -2.16. The van der Waals surface area contributed by atoms with Gasteiger partial charge in [0.25, 0.3) is 0 Å². The first-order chi connectivity index (χ1) is 18.9. The van der Waals surface area contributed by atoms with Crippen molar-refractivity contribution >= 4 is 43.9 Å². The summed E-state index contributed by atoms with van der Waals surface area (Å²) in [6, 6.07) is 15.8. The van der Waals surface area contributed by atoms with Gasteiger partial charge in [0.15, 0.2) is 6.54 Å². The van der Waals surface area contributed by atoms with Crippen molar-refractivity contribution in [3.05, 3.63) is 76.9 Å². The first-order valence-corrected chi connectivity index (χ1v) is 14.4. The number of aromatic nitrogens is 1. The van der Waals surface area contributed by atoms with E-state index in [1.165, 1.54) is 7.11 Å². The van der Waals surface area contributed by atoms with Crippen molar-refractivity contribution in [3.63, 3.8) is 0 Å². The number of ether oxygens (including phenoxy) is 3. The van der Waals surface area contributed by atoms with Gasteiger partial charge in [-0.3, -0.25) is 0 Å². The van der Waals surface area contributed by atoms with Gasteiger partial charge in [0.1, 0.15) is 11.5 Å². The van der Waals surface area contributed by atoms with E-state index in [0.29, 0.717) is 55.6 Å². The number of hydrogen-bond donors (Lipinski definition) is 0. The van der Waals surface area contributed by atoms with Crippen LogP contribution in [0.25, 0.3) is 21.8 Å². The van der Waals surface area contributed by atoms with Crippen molar-refractivity contribution in [3.8, 4) is 11.5 Å². The third-order valence-electron chi connectivity index (χ3n) is 6.42. The zero-order valence-electron chi connectivity index (χ0n) is 23.0. The highest BCUT2D eigenvalue weighted by molar-refractivity contribution is 7.85. The predicted molar refractivity (Wildman–Crippen MR) is 149 cm³/mol. The Kier molecular flexibility index (Phi) is 8.41. The Morgan fingerprint density at radius 3 is 2.20 bits per heavy atom. The van der Waals surface area contributed by atoms with Crippen LogP contribution < -0.4 is 14.0 Å². The zero-order valence-corrected chi connectivity index (χ0v) is 23.8. The van der Waals surface area contributed by atoms with Gasteiger partial charge >= 0.3 is 11.9 Å². The molecule has 10 heteroatoms. The molecule has 0 amide bonds. The number of carbonyl (C=O) groups excluding carboxylic acids is 2. The minimum Gasteiger partial charge on any atom is -0.748 e. The van der Waals surface area contributed by atoms with Crippen molar-refractivity contribution < 1.29 is 41.3 Å². The molecule has 4 aromatic rings. The second-order valence-corrected chi connectivity index (χ2v) is 11.3. The topological polar surface area (TPSA) is 123 Å². The van der Waals surface area contributed by atoms with Crippen LogP contribution in [0, 0.1) is 13.8 Å². The maximum atomic E-state index is 13.9. The van der Waals surface area contributed by atoms with Crippen LogP contribution >= 0.6 is 0 Å². The molecule has 3 aromatic carbocycles. The van der Waals surface area contributed by atoms with E-state index >= 15 is 0 Å². The number of pyridine rings is 1. The maximum absolute atomic E-state index is 13.9. The summed E-state index contributed by atoms with van der Waals surface area (Å²) in [5.74, 6) is -0.712. The lowest BCUT2D eigenvalue weighted by atomic mass is 10.0. The summed E-state index contributed by atoms with van der Waals surface area (Å²) in [7, 11) is -3.08. The van der Waals surface area contributed by atoms with Crippen LogP contribution in [-0.2, 0) is 21.4 Å². The van der Waals surface area contributed by atoms with Crippen LogP contribution in [0.5, 0.6) is 11.5 Å². The molecule has 40 heavy (non-hydrogen) atoms. The molecule has 0 aliphatic carbocycles. The molecule has 0 spiro atoms. The fraction of sp³-hybridized carbons (Fsp3) is 0.300. The first kappa shape index (κ1) is 29.0. The Morgan fingerprint density at radius 2 is 1.57 bits per heavy atom. The van der Waals surface area contributed by atoms with Gasteiger partial charge in [-0.15, -0.1) is 0 Å². The lowest BCUT2D eigenvalue weighted by molar-refractivity contribution is -0.645. The molecule has 0 atom stereocenters. The molecular formula is C30H31NO8S. The minimum atomic E-state index is -4.38. The van der Waals surface area contributed by atoms with Crippen LogP contribution in [0.1, 0.15) is 52.1 Å². The van der Waals surface area contributed by atoms with Gasteiger partial charge < -0.3 is 18.8 Å². The number of benzene rings is 3. The molecule has 9 nitrogen and oxygen atoms in total. The number of esters is 2. The van der Waals surface area contributed by atoms with E-state index in [9.17, 15) is 22.6 Å². The summed E-state index contributed by atoms with van der Waals surface area (Å²) >= 11 is 0. The number of para-hydroxylation sites is 1. The van der Waals surface area contributed by atoms with Gasteiger partial charge in [-0.1, -0.05) is 12.1 Å². The normalized spacial score (nSPS) is 11.7. The highest BCUT2D eigenvalue weighted by Gasteiger charge is 2.27. The monoisotopic (exact) mass is 565 g/mol. The molecule has 210 valence electrons. The Balaban J connectivity index is 1.90. The summed E-state index contributed by atoms with van der Waals surface area (Å²) < 4.78 is 52.4. The largest absolute Gasteiger partial charge is 0.748 e. The fourth-order valence-corrected chi connectivity index (χ4v) is 5.33. The minimum absolute atomic E-state index is 0.106. The first-order valence-electron chi connectivity index (χ1n) is 12.8. The zero-order chi connectivity index (χ0) is 29.2. The third-order valence-corrected chi connectivity index (χ3v) is 7.21. The predicted octanol–water partition coefficient (Wildman–Crippen LogP) is 4.63. The average Bonchev–Trinajstić information content (AvgIpc) is 2.88. The second kappa shape index (κ2) is 11.6. The van der Waals surface area contributed by atoms with Gasteiger partial charge in [0, 0.05) is 24.3 Å². The van der Waals surface area contributed by atoms with Gasteiger partial charge in [-0.2, -0.15) is 4.57 Å². The Hall–Kier alpha value is -4.02. The molecule has 0 saturated heterocycles. The lowest BCUT2D eigenvalue weighted by Crippen LogP contribution is -2.37. The summed E-state index contributed by atoms with van der Waals surface area (Å²) in [5.41, 5.74) is 3.18. The molecule has 4 rings (SSSR count). The van der Waals surface area contributed by atoms with Crippen molar-refractivity contribution in [1.82, 2.24) is 0 Å². The standard InChI is InChI=1S/C30H31NO8S/c1-18(2)38-22-11-12-26-24(17-22)27(23-9-6-7-10-25(23)31(26)13-8-14-40(34,35)36)30(33)39-28-19(3)15-21(16-20(28)4)29(32)37-5/h6-7,9-12,15-18H,8,13-14H2,1-5H3. The van der Waals surface area contributed by atoms with E-state index < -0.39 is 27.8 Å². The number of methoxy groups -OCH3 is 1.